The van der Waals surface area contributed by atoms with Crippen molar-refractivity contribution in [3.63, 3.8) is 0 Å². The summed E-state index contributed by atoms with van der Waals surface area (Å²) in [6.45, 7) is 7.59. The van der Waals surface area contributed by atoms with E-state index >= 15 is 0 Å². The second kappa shape index (κ2) is 6.62. The summed E-state index contributed by atoms with van der Waals surface area (Å²) in [7, 11) is 0. The van der Waals surface area contributed by atoms with Crippen LogP contribution in [0, 0.1) is 5.92 Å². The van der Waals surface area contributed by atoms with Gasteiger partial charge in [0.05, 0.1) is 0 Å². The van der Waals surface area contributed by atoms with Gasteiger partial charge in [-0.3, -0.25) is 0 Å². The first-order valence-corrected chi connectivity index (χ1v) is 7.29. The van der Waals surface area contributed by atoms with Crippen molar-refractivity contribution in [3.05, 3.63) is 18.2 Å². The highest BCUT2D eigenvalue weighted by molar-refractivity contribution is 5.47. The Hall–Kier alpha value is -1.25. The maximum Gasteiger partial charge on any atom is 0.130 e. The van der Waals surface area contributed by atoms with Crippen molar-refractivity contribution in [1.82, 2.24) is 4.98 Å². The molecule has 3 nitrogen and oxygen atoms in total. The molecular formula is C15H25N3. The van der Waals surface area contributed by atoms with Crippen molar-refractivity contribution >= 4 is 11.6 Å². The quantitative estimate of drug-likeness (QED) is 0.799. The van der Waals surface area contributed by atoms with Crippen molar-refractivity contribution in [3.8, 4) is 0 Å². The summed E-state index contributed by atoms with van der Waals surface area (Å²) < 4.78 is 0. The highest BCUT2D eigenvalue weighted by Crippen LogP contribution is 2.28. The molecule has 1 aliphatic carbocycles. The zero-order chi connectivity index (χ0) is 12.8. The van der Waals surface area contributed by atoms with E-state index in [4.69, 9.17) is 4.98 Å². The minimum Gasteiger partial charge on any atom is -0.370 e. The van der Waals surface area contributed by atoms with E-state index in [1.54, 1.807) is 0 Å². The highest BCUT2D eigenvalue weighted by atomic mass is 15.2. The number of hydrogen-bond donors (Lipinski definition) is 1. The van der Waals surface area contributed by atoms with Gasteiger partial charge in [0.1, 0.15) is 11.6 Å². The molecule has 0 bridgehead atoms. The number of aromatic nitrogens is 1. The van der Waals surface area contributed by atoms with Crippen LogP contribution >= 0.6 is 0 Å². The number of pyridine rings is 1. The maximum absolute atomic E-state index is 4.71. The Morgan fingerprint density at radius 3 is 2.78 bits per heavy atom. The largest absolute Gasteiger partial charge is 0.370 e. The standard InChI is InChI=1S/C15H25N3/c1-3-11-16-14-9-6-10-15(17-14)18(4-2)12-13-7-5-8-13/h6,9-10,13H,3-5,7-8,11-12H2,1-2H3,(H,16,17). The van der Waals surface area contributed by atoms with E-state index in [1.807, 2.05) is 0 Å². The van der Waals surface area contributed by atoms with Crippen LogP contribution in [0.1, 0.15) is 39.5 Å². The van der Waals surface area contributed by atoms with Crippen molar-refractivity contribution < 1.29 is 0 Å². The normalized spacial score (nSPS) is 15.2. The van der Waals surface area contributed by atoms with Gasteiger partial charge in [-0.1, -0.05) is 19.4 Å². The molecule has 0 radical (unpaired) electrons. The van der Waals surface area contributed by atoms with E-state index < -0.39 is 0 Å². The lowest BCUT2D eigenvalue weighted by Crippen LogP contribution is -2.33. The molecule has 0 spiro atoms. The van der Waals surface area contributed by atoms with Gasteiger partial charge >= 0.3 is 0 Å². The molecule has 1 aliphatic rings. The van der Waals surface area contributed by atoms with Gasteiger partial charge in [0.25, 0.3) is 0 Å². The summed E-state index contributed by atoms with van der Waals surface area (Å²) >= 11 is 0. The Kier molecular flexibility index (Phi) is 4.85. The Morgan fingerprint density at radius 1 is 1.33 bits per heavy atom. The molecule has 18 heavy (non-hydrogen) atoms. The van der Waals surface area contributed by atoms with Crippen molar-refractivity contribution in [2.45, 2.75) is 39.5 Å². The zero-order valence-electron chi connectivity index (χ0n) is 11.7. The number of rotatable bonds is 7. The predicted octanol–water partition coefficient (Wildman–Crippen LogP) is 3.53. The van der Waals surface area contributed by atoms with Gasteiger partial charge < -0.3 is 10.2 Å². The van der Waals surface area contributed by atoms with Crippen molar-refractivity contribution in [2.75, 3.05) is 29.9 Å². The summed E-state index contributed by atoms with van der Waals surface area (Å²) in [5.41, 5.74) is 0. The van der Waals surface area contributed by atoms with Crippen LogP contribution in [0.2, 0.25) is 0 Å². The first kappa shape index (κ1) is 13.2. The molecule has 1 fully saturated rings. The maximum atomic E-state index is 4.71. The summed E-state index contributed by atoms with van der Waals surface area (Å²) in [6, 6.07) is 6.28. The fourth-order valence-corrected chi connectivity index (χ4v) is 2.32. The lowest BCUT2D eigenvalue weighted by molar-refractivity contribution is 0.318. The molecule has 100 valence electrons. The topological polar surface area (TPSA) is 28.2 Å². The van der Waals surface area contributed by atoms with E-state index in [-0.39, 0.29) is 0 Å². The van der Waals surface area contributed by atoms with Crippen LogP contribution in [0.3, 0.4) is 0 Å². The second-order valence-electron chi connectivity index (χ2n) is 5.14. The molecule has 0 atom stereocenters. The van der Waals surface area contributed by atoms with E-state index in [1.165, 1.54) is 25.8 Å². The second-order valence-corrected chi connectivity index (χ2v) is 5.14. The molecule has 0 saturated heterocycles. The van der Waals surface area contributed by atoms with Crippen LogP contribution in [0.15, 0.2) is 18.2 Å². The molecule has 0 aliphatic heterocycles. The van der Waals surface area contributed by atoms with Crippen molar-refractivity contribution in [1.29, 1.82) is 0 Å². The Morgan fingerprint density at radius 2 is 2.17 bits per heavy atom. The number of hydrogen-bond acceptors (Lipinski definition) is 3. The van der Waals surface area contributed by atoms with Crippen LogP contribution in [-0.2, 0) is 0 Å². The molecule has 1 aromatic heterocycles. The number of nitrogens with zero attached hydrogens (tertiary/aromatic N) is 2. The third-order valence-electron chi connectivity index (χ3n) is 3.70. The Labute approximate surface area is 111 Å². The summed E-state index contributed by atoms with van der Waals surface area (Å²) in [5, 5.41) is 3.36. The summed E-state index contributed by atoms with van der Waals surface area (Å²) in [5.74, 6) is 3.01. The molecule has 1 N–H and O–H groups in total. The highest BCUT2D eigenvalue weighted by Gasteiger charge is 2.20. The van der Waals surface area contributed by atoms with Crippen LogP contribution < -0.4 is 10.2 Å². The van der Waals surface area contributed by atoms with E-state index in [0.29, 0.717) is 0 Å². The monoisotopic (exact) mass is 247 g/mol. The summed E-state index contributed by atoms with van der Waals surface area (Å²) in [4.78, 5) is 7.11. The molecule has 1 saturated carbocycles. The summed E-state index contributed by atoms with van der Waals surface area (Å²) in [6.07, 6.45) is 5.33. The van der Waals surface area contributed by atoms with Gasteiger partial charge in [0, 0.05) is 19.6 Å². The van der Waals surface area contributed by atoms with Gasteiger partial charge in [0.15, 0.2) is 0 Å². The first-order valence-electron chi connectivity index (χ1n) is 7.29. The average molecular weight is 247 g/mol. The van der Waals surface area contributed by atoms with Gasteiger partial charge in [-0.15, -0.1) is 0 Å². The fraction of sp³-hybridized carbons (Fsp3) is 0.667. The van der Waals surface area contributed by atoms with Gasteiger partial charge in [0.2, 0.25) is 0 Å². The Bertz CT molecular complexity index is 361. The average Bonchev–Trinajstić information content (AvgIpc) is 2.36. The molecule has 0 unspecified atom stereocenters. The van der Waals surface area contributed by atoms with Crippen LogP contribution in [0.5, 0.6) is 0 Å². The molecular weight excluding hydrogens is 222 g/mol. The smallest absolute Gasteiger partial charge is 0.130 e. The van der Waals surface area contributed by atoms with Gasteiger partial charge in [-0.2, -0.15) is 0 Å². The van der Waals surface area contributed by atoms with Crippen LogP contribution in [-0.4, -0.2) is 24.6 Å². The minimum atomic E-state index is 0.888. The van der Waals surface area contributed by atoms with E-state index in [9.17, 15) is 0 Å². The zero-order valence-corrected chi connectivity index (χ0v) is 11.7. The lowest BCUT2D eigenvalue weighted by Gasteiger charge is -2.32. The third kappa shape index (κ3) is 3.37. The molecule has 2 rings (SSSR count). The fourth-order valence-electron chi connectivity index (χ4n) is 2.32. The molecule has 0 aromatic carbocycles. The molecule has 1 heterocycles. The first-order chi connectivity index (χ1) is 8.83. The van der Waals surface area contributed by atoms with E-state index in [2.05, 4.69) is 42.3 Å². The predicted molar refractivity (Wildman–Crippen MR) is 78.2 cm³/mol. The molecule has 1 aromatic rings. The molecule has 3 heteroatoms. The number of anilines is 2. The van der Waals surface area contributed by atoms with Gasteiger partial charge in [-0.25, -0.2) is 4.98 Å². The lowest BCUT2D eigenvalue weighted by atomic mass is 9.85. The van der Waals surface area contributed by atoms with Crippen LogP contribution in [0.25, 0.3) is 0 Å². The molecule has 0 amide bonds. The van der Waals surface area contributed by atoms with Crippen LogP contribution in [0.4, 0.5) is 11.6 Å². The van der Waals surface area contributed by atoms with Gasteiger partial charge in [-0.05, 0) is 44.2 Å². The van der Waals surface area contributed by atoms with E-state index in [0.717, 1.165) is 37.1 Å². The van der Waals surface area contributed by atoms with Crippen molar-refractivity contribution in [2.24, 2.45) is 5.92 Å². The minimum absolute atomic E-state index is 0.888. The number of nitrogens with one attached hydrogen (secondary N) is 1. The third-order valence-corrected chi connectivity index (χ3v) is 3.70. The Balaban J connectivity index is 1.99. The SMILES string of the molecule is CCCNc1cccc(N(CC)CC2CCC2)n1.